The van der Waals surface area contributed by atoms with Crippen molar-refractivity contribution < 1.29 is 19.6 Å². The van der Waals surface area contributed by atoms with Crippen LogP contribution in [0.2, 0.25) is 0 Å². The first kappa shape index (κ1) is 23.7. The van der Waals surface area contributed by atoms with Gasteiger partial charge in [-0.1, -0.05) is 30.0 Å². The zero-order valence-corrected chi connectivity index (χ0v) is 18.7. The number of amides is 2. The molecule has 33 heavy (non-hydrogen) atoms. The maximum atomic E-state index is 12.4. The molecule has 11 nitrogen and oxygen atoms in total. The Morgan fingerprint density at radius 1 is 1.21 bits per heavy atom. The Morgan fingerprint density at radius 3 is 2.61 bits per heavy atom. The SMILES string of the molecule is CCn1c(SCC(=O)Nc2ccc(O)c([N+](=O)[O-])c2)nnc1[C@@H](C)NC(=O)c1ccccc1. The van der Waals surface area contributed by atoms with Gasteiger partial charge in [-0.3, -0.25) is 19.7 Å². The Labute approximate surface area is 193 Å². The molecule has 0 unspecified atom stereocenters. The minimum absolute atomic E-state index is 0.0163. The van der Waals surface area contributed by atoms with Crippen LogP contribution in [0, 0.1) is 10.1 Å². The fourth-order valence-electron chi connectivity index (χ4n) is 3.03. The minimum atomic E-state index is -0.733. The lowest BCUT2D eigenvalue weighted by molar-refractivity contribution is -0.385. The van der Waals surface area contributed by atoms with Crippen LogP contribution in [0.1, 0.15) is 36.1 Å². The zero-order valence-electron chi connectivity index (χ0n) is 17.9. The van der Waals surface area contributed by atoms with Gasteiger partial charge in [0.1, 0.15) is 0 Å². The second-order valence-electron chi connectivity index (χ2n) is 6.94. The molecule has 1 atom stereocenters. The van der Waals surface area contributed by atoms with Crippen LogP contribution in [0.3, 0.4) is 0 Å². The second-order valence-corrected chi connectivity index (χ2v) is 7.89. The summed E-state index contributed by atoms with van der Waals surface area (Å²) in [6.45, 7) is 4.23. The van der Waals surface area contributed by atoms with Crippen molar-refractivity contribution in [2.45, 2.75) is 31.6 Å². The number of anilines is 1. The van der Waals surface area contributed by atoms with E-state index in [1.165, 1.54) is 6.07 Å². The summed E-state index contributed by atoms with van der Waals surface area (Å²) in [5.74, 6) is -0.580. The highest BCUT2D eigenvalue weighted by atomic mass is 32.2. The van der Waals surface area contributed by atoms with E-state index in [1.54, 1.807) is 35.8 Å². The molecule has 0 saturated heterocycles. The number of carbonyl (C=O) groups excluding carboxylic acids is 2. The van der Waals surface area contributed by atoms with E-state index in [0.717, 1.165) is 23.9 Å². The van der Waals surface area contributed by atoms with Gasteiger partial charge in [0.25, 0.3) is 5.91 Å². The van der Waals surface area contributed by atoms with Gasteiger partial charge in [0.15, 0.2) is 16.7 Å². The first-order chi connectivity index (χ1) is 15.8. The van der Waals surface area contributed by atoms with Gasteiger partial charge in [0.2, 0.25) is 5.91 Å². The molecule has 0 bridgehead atoms. The van der Waals surface area contributed by atoms with E-state index in [4.69, 9.17) is 0 Å². The highest BCUT2D eigenvalue weighted by Crippen LogP contribution is 2.29. The number of rotatable bonds is 9. The molecule has 2 amide bonds. The number of nitro groups is 1. The second kappa shape index (κ2) is 10.6. The monoisotopic (exact) mass is 470 g/mol. The van der Waals surface area contributed by atoms with E-state index in [2.05, 4.69) is 20.8 Å². The summed E-state index contributed by atoms with van der Waals surface area (Å²) in [6, 6.07) is 12.0. The summed E-state index contributed by atoms with van der Waals surface area (Å²) in [7, 11) is 0. The minimum Gasteiger partial charge on any atom is -0.502 e. The molecule has 12 heteroatoms. The maximum absolute atomic E-state index is 12.4. The number of phenolic OH excluding ortho intramolecular Hbond substituents is 1. The van der Waals surface area contributed by atoms with Gasteiger partial charge in [0, 0.05) is 23.9 Å². The summed E-state index contributed by atoms with van der Waals surface area (Å²) in [5.41, 5.74) is 0.231. The fraction of sp³-hybridized carbons (Fsp3) is 0.238. The number of carbonyl (C=O) groups is 2. The quantitative estimate of drug-likeness (QED) is 0.187. The van der Waals surface area contributed by atoms with Crippen LogP contribution in [-0.4, -0.2) is 42.4 Å². The number of aromatic nitrogens is 3. The molecule has 0 radical (unpaired) electrons. The van der Waals surface area contributed by atoms with Gasteiger partial charge in [-0.05, 0) is 38.1 Å². The molecule has 0 spiro atoms. The van der Waals surface area contributed by atoms with Gasteiger partial charge in [0.05, 0.1) is 16.7 Å². The lowest BCUT2D eigenvalue weighted by Gasteiger charge is -2.15. The van der Waals surface area contributed by atoms with E-state index in [0.29, 0.717) is 23.1 Å². The first-order valence-corrected chi connectivity index (χ1v) is 11.0. The van der Waals surface area contributed by atoms with Crippen molar-refractivity contribution >= 4 is 35.0 Å². The molecular weight excluding hydrogens is 448 g/mol. The van der Waals surface area contributed by atoms with Crippen molar-refractivity contribution in [3.8, 4) is 5.75 Å². The number of hydrogen-bond donors (Lipinski definition) is 3. The summed E-state index contributed by atoms with van der Waals surface area (Å²) in [5, 5.41) is 34.7. The smallest absolute Gasteiger partial charge is 0.312 e. The summed E-state index contributed by atoms with van der Waals surface area (Å²) in [6.07, 6.45) is 0. The van der Waals surface area contributed by atoms with Gasteiger partial charge in [-0.2, -0.15) is 0 Å². The van der Waals surface area contributed by atoms with E-state index < -0.39 is 28.3 Å². The van der Waals surface area contributed by atoms with Gasteiger partial charge in [-0.25, -0.2) is 0 Å². The third kappa shape index (κ3) is 5.86. The fourth-order valence-corrected chi connectivity index (χ4v) is 3.84. The highest BCUT2D eigenvalue weighted by molar-refractivity contribution is 7.99. The van der Waals surface area contributed by atoms with Crippen LogP contribution in [0.25, 0.3) is 0 Å². The van der Waals surface area contributed by atoms with Crippen molar-refractivity contribution in [3.63, 3.8) is 0 Å². The Kier molecular flexibility index (Phi) is 7.61. The maximum Gasteiger partial charge on any atom is 0.312 e. The lowest BCUT2D eigenvalue weighted by Crippen LogP contribution is -2.28. The topological polar surface area (TPSA) is 152 Å². The van der Waals surface area contributed by atoms with Crippen LogP contribution in [0.5, 0.6) is 5.75 Å². The molecule has 0 saturated carbocycles. The van der Waals surface area contributed by atoms with Crippen LogP contribution < -0.4 is 10.6 Å². The lowest BCUT2D eigenvalue weighted by atomic mass is 10.2. The Bertz CT molecular complexity index is 1170. The number of benzene rings is 2. The van der Waals surface area contributed by atoms with Crippen LogP contribution in [0.15, 0.2) is 53.7 Å². The normalized spacial score (nSPS) is 11.6. The highest BCUT2D eigenvalue weighted by Gasteiger charge is 2.20. The summed E-state index contributed by atoms with van der Waals surface area (Å²) >= 11 is 1.15. The van der Waals surface area contributed by atoms with Crippen LogP contribution in [0.4, 0.5) is 11.4 Å². The number of aromatic hydroxyl groups is 1. The standard InChI is InChI=1S/C21H22N6O5S/c1-3-26-19(13(2)22-20(30)14-7-5-4-6-8-14)24-25-21(26)33-12-18(29)23-15-9-10-17(28)16(11-15)27(31)32/h4-11,13,28H,3,12H2,1-2H3,(H,22,30)(H,23,29)/t13-/m1/s1. The number of thioether (sulfide) groups is 1. The molecule has 0 fully saturated rings. The average molecular weight is 471 g/mol. The van der Waals surface area contributed by atoms with Gasteiger partial charge >= 0.3 is 5.69 Å². The zero-order chi connectivity index (χ0) is 24.0. The third-order valence-corrected chi connectivity index (χ3v) is 5.59. The van der Waals surface area contributed by atoms with Gasteiger partial charge in [-0.15, -0.1) is 10.2 Å². The molecule has 0 aliphatic carbocycles. The van der Waals surface area contributed by atoms with Crippen molar-refractivity contribution in [2.24, 2.45) is 0 Å². The van der Waals surface area contributed by atoms with E-state index in [9.17, 15) is 24.8 Å². The predicted octanol–water partition coefficient (Wildman–Crippen LogP) is 3.13. The molecule has 0 aliphatic heterocycles. The average Bonchev–Trinajstić information content (AvgIpc) is 3.22. The van der Waals surface area contributed by atoms with E-state index in [1.807, 2.05) is 13.0 Å². The number of nitro benzene ring substituents is 1. The van der Waals surface area contributed by atoms with Crippen molar-refractivity contribution in [2.75, 3.05) is 11.1 Å². The molecule has 0 aliphatic rings. The summed E-state index contributed by atoms with van der Waals surface area (Å²) < 4.78 is 1.80. The van der Waals surface area contributed by atoms with Crippen molar-refractivity contribution in [1.29, 1.82) is 0 Å². The molecule has 172 valence electrons. The number of nitrogens with one attached hydrogen (secondary N) is 2. The summed E-state index contributed by atoms with van der Waals surface area (Å²) in [4.78, 5) is 34.9. The number of nitrogens with zero attached hydrogens (tertiary/aromatic N) is 4. The third-order valence-electron chi connectivity index (χ3n) is 4.62. The molecule has 2 aromatic carbocycles. The Hall–Kier alpha value is -3.93. The Balaban J connectivity index is 1.63. The van der Waals surface area contributed by atoms with Crippen LogP contribution >= 0.6 is 11.8 Å². The molecule has 1 aromatic heterocycles. The molecule has 3 N–H and O–H groups in total. The first-order valence-electron chi connectivity index (χ1n) is 9.99. The largest absolute Gasteiger partial charge is 0.502 e. The molecule has 3 aromatic rings. The predicted molar refractivity (Wildman–Crippen MR) is 122 cm³/mol. The molecule has 1 heterocycles. The van der Waals surface area contributed by atoms with Gasteiger partial charge < -0.3 is 20.3 Å². The Morgan fingerprint density at radius 2 is 1.94 bits per heavy atom. The molecular formula is C21H22N6O5S. The molecule has 3 rings (SSSR count). The number of hydrogen-bond acceptors (Lipinski definition) is 8. The number of phenols is 1. The van der Waals surface area contributed by atoms with Crippen molar-refractivity contribution in [1.82, 2.24) is 20.1 Å². The van der Waals surface area contributed by atoms with E-state index in [-0.39, 0.29) is 17.3 Å². The van der Waals surface area contributed by atoms with Crippen molar-refractivity contribution in [3.05, 3.63) is 70.0 Å². The van der Waals surface area contributed by atoms with E-state index >= 15 is 0 Å². The van der Waals surface area contributed by atoms with Crippen LogP contribution in [-0.2, 0) is 11.3 Å².